The molecule has 0 aliphatic carbocycles. The van der Waals surface area contributed by atoms with Crippen LogP contribution in [0.3, 0.4) is 0 Å². The van der Waals surface area contributed by atoms with E-state index in [1.54, 1.807) is 13.8 Å². The lowest BCUT2D eigenvalue weighted by Crippen LogP contribution is -2.18. The molecule has 29 heavy (non-hydrogen) atoms. The minimum Gasteiger partial charge on any atom is -0.462 e. The number of ether oxygens (including phenoxy) is 1. The minimum atomic E-state index is -0.733. The molecular formula is C21H22N2O6. The molecule has 1 amide bonds. The number of carbonyl (C=O) groups is 3. The highest BCUT2D eigenvalue weighted by molar-refractivity contribution is 6.11. The van der Waals surface area contributed by atoms with Crippen molar-refractivity contribution >= 4 is 34.5 Å². The summed E-state index contributed by atoms with van der Waals surface area (Å²) in [5, 5.41) is 7.32. The molecule has 152 valence electrons. The molecule has 1 aromatic carbocycles. The number of furan rings is 1. The van der Waals surface area contributed by atoms with Crippen LogP contribution in [0.15, 0.2) is 21.1 Å². The number of aromatic nitrogens is 1. The van der Waals surface area contributed by atoms with Gasteiger partial charge in [0.05, 0.1) is 18.6 Å². The number of Topliss-reactive ketones (excluding diaryl/α,β-unsaturated/α-hetero) is 1. The SMILES string of the molecule is CCOC(=O)c1c(NC(=O)Cc2noc3c(C)cc(C)cc23)oc(C)c1C(C)=O. The molecule has 1 N–H and O–H groups in total. The van der Waals surface area contributed by atoms with Crippen LogP contribution in [0.1, 0.15) is 57.1 Å². The summed E-state index contributed by atoms with van der Waals surface area (Å²) < 4.78 is 15.9. The maximum atomic E-state index is 12.6. The van der Waals surface area contributed by atoms with Gasteiger partial charge in [-0.3, -0.25) is 14.9 Å². The Balaban J connectivity index is 1.91. The molecule has 0 bridgehead atoms. The van der Waals surface area contributed by atoms with Crippen molar-refractivity contribution in [2.45, 2.75) is 41.0 Å². The van der Waals surface area contributed by atoms with Crippen LogP contribution < -0.4 is 5.32 Å². The van der Waals surface area contributed by atoms with E-state index in [1.165, 1.54) is 6.92 Å². The Morgan fingerprint density at radius 3 is 2.52 bits per heavy atom. The monoisotopic (exact) mass is 398 g/mol. The van der Waals surface area contributed by atoms with Gasteiger partial charge in [-0.05, 0) is 51.8 Å². The van der Waals surface area contributed by atoms with Crippen molar-refractivity contribution in [3.05, 3.63) is 45.8 Å². The number of nitrogens with zero attached hydrogens (tertiary/aromatic N) is 1. The van der Waals surface area contributed by atoms with Gasteiger partial charge in [0.2, 0.25) is 11.8 Å². The third-order valence-electron chi connectivity index (χ3n) is 4.47. The number of hydrogen-bond acceptors (Lipinski definition) is 7. The van der Waals surface area contributed by atoms with Crippen LogP contribution >= 0.6 is 0 Å². The number of nitrogens with one attached hydrogen (secondary N) is 1. The van der Waals surface area contributed by atoms with Gasteiger partial charge < -0.3 is 13.7 Å². The zero-order valence-electron chi connectivity index (χ0n) is 17.0. The summed E-state index contributed by atoms with van der Waals surface area (Å²) in [6.07, 6.45) is -0.0900. The number of hydrogen-bond donors (Lipinski definition) is 1. The quantitative estimate of drug-likeness (QED) is 0.495. The first-order chi connectivity index (χ1) is 13.7. The maximum Gasteiger partial charge on any atom is 0.344 e. The summed E-state index contributed by atoms with van der Waals surface area (Å²) in [5.41, 5.74) is 3.06. The van der Waals surface area contributed by atoms with Gasteiger partial charge in [-0.2, -0.15) is 0 Å². The summed E-state index contributed by atoms with van der Waals surface area (Å²) in [6.45, 7) is 8.49. The van der Waals surface area contributed by atoms with E-state index in [0.717, 1.165) is 16.5 Å². The van der Waals surface area contributed by atoms with Crippen LogP contribution in [-0.4, -0.2) is 29.4 Å². The number of rotatable bonds is 6. The predicted octanol–water partition coefficient (Wildman–Crippen LogP) is 3.91. The van der Waals surface area contributed by atoms with Crippen LogP contribution in [0.5, 0.6) is 0 Å². The topological polar surface area (TPSA) is 112 Å². The molecule has 2 heterocycles. The largest absolute Gasteiger partial charge is 0.462 e. The van der Waals surface area contributed by atoms with Gasteiger partial charge >= 0.3 is 5.97 Å². The standard InChI is InChI=1S/C21H22N2O6/c1-6-27-21(26)18-17(12(4)24)13(5)28-20(18)22-16(25)9-15-14-8-10(2)7-11(3)19(14)29-23-15/h7-8H,6,9H2,1-5H3,(H,22,25). The Bertz CT molecular complexity index is 1120. The van der Waals surface area contributed by atoms with Gasteiger partial charge in [0.1, 0.15) is 17.0 Å². The first-order valence-corrected chi connectivity index (χ1v) is 9.19. The average molecular weight is 398 g/mol. The molecule has 0 fully saturated rings. The van der Waals surface area contributed by atoms with Crippen molar-refractivity contribution in [2.24, 2.45) is 0 Å². The molecular weight excluding hydrogens is 376 g/mol. The van der Waals surface area contributed by atoms with E-state index in [2.05, 4.69) is 10.5 Å². The van der Waals surface area contributed by atoms with Crippen LogP contribution in [0.4, 0.5) is 5.88 Å². The van der Waals surface area contributed by atoms with E-state index in [1.807, 2.05) is 26.0 Å². The second-order valence-electron chi connectivity index (χ2n) is 6.83. The Hall–Kier alpha value is -3.42. The zero-order chi connectivity index (χ0) is 21.3. The fraction of sp³-hybridized carbons (Fsp3) is 0.333. The molecule has 0 saturated heterocycles. The Kier molecular flexibility index (Phi) is 5.54. The number of ketones is 1. The van der Waals surface area contributed by atoms with Gasteiger partial charge in [0.15, 0.2) is 11.4 Å². The smallest absolute Gasteiger partial charge is 0.344 e. The fourth-order valence-corrected chi connectivity index (χ4v) is 3.34. The molecule has 8 nitrogen and oxygen atoms in total. The highest BCUT2D eigenvalue weighted by Gasteiger charge is 2.29. The predicted molar refractivity (Wildman–Crippen MR) is 105 cm³/mol. The number of benzene rings is 1. The second-order valence-corrected chi connectivity index (χ2v) is 6.83. The van der Waals surface area contributed by atoms with Gasteiger partial charge in [-0.25, -0.2) is 4.79 Å². The number of amides is 1. The second kappa shape index (κ2) is 7.90. The van der Waals surface area contributed by atoms with Gasteiger partial charge in [-0.15, -0.1) is 0 Å². The average Bonchev–Trinajstić information content (AvgIpc) is 3.16. The van der Waals surface area contributed by atoms with Crippen LogP contribution in [0.2, 0.25) is 0 Å². The molecule has 0 unspecified atom stereocenters. The first-order valence-electron chi connectivity index (χ1n) is 9.19. The lowest BCUT2D eigenvalue weighted by Gasteiger charge is -2.05. The van der Waals surface area contributed by atoms with Gasteiger partial charge in [0, 0.05) is 5.39 Å². The van der Waals surface area contributed by atoms with E-state index in [0.29, 0.717) is 11.3 Å². The highest BCUT2D eigenvalue weighted by Crippen LogP contribution is 2.29. The van der Waals surface area contributed by atoms with Crippen LogP contribution in [0.25, 0.3) is 11.0 Å². The van der Waals surface area contributed by atoms with E-state index >= 15 is 0 Å². The van der Waals surface area contributed by atoms with Crippen molar-refractivity contribution in [3.63, 3.8) is 0 Å². The summed E-state index contributed by atoms with van der Waals surface area (Å²) in [6, 6.07) is 3.87. The number of aryl methyl sites for hydroxylation is 3. The molecule has 8 heteroatoms. The van der Waals surface area contributed by atoms with Crippen LogP contribution in [0, 0.1) is 20.8 Å². The minimum absolute atomic E-state index is 0.0816. The van der Waals surface area contributed by atoms with Gasteiger partial charge in [-0.1, -0.05) is 11.2 Å². The third-order valence-corrected chi connectivity index (χ3v) is 4.47. The van der Waals surface area contributed by atoms with Crippen molar-refractivity contribution in [2.75, 3.05) is 11.9 Å². The van der Waals surface area contributed by atoms with Crippen molar-refractivity contribution < 1.29 is 28.1 Å². The van der Waals surface area contributed by atoms with E-state index < -0.39 is 11.9 Å². The summed E-state index contributed by atoms with van der Waals surface area (Å²) in [7, 11) is 0. The van der Waals surface area contributed by atoms with E-state index in [9.17, 15) is 14.4 Å². The van der Waals surface area contributed by atoms with Crippen LogP contribution in [-0.2, 0) is 16.0 Å². The van der Waals surface area contributed by atoms with Gasteiger partial charge in [0.25, 0.3) is 0 Å². The molecule has 0 atom stereocenters. The van der Waals surface area contributed by atoms with E-state index in [4.69, 9.17) is 13.7 Å². The number of anilines is 1. The van der Waals surface area contributed by atoms with Crippen molar-refractivity contribution in [3.8, 4) is 0 Å². The molecule has 0 saturated carbocycles. The molecule has 3 aromatic rings. The number of carbonyl (C=O) groups excluding carboxylic acids is 3. The molecule has 3 rings (SSSR count). The Labute approximate surface area is 167 Å². The normalized spacial score (nSPS) is 10.9. The molecule has 0 radical (unpaired) electrons. The summed E-state index contributed by atoms with van der Waals surface area (Å²) >= 11 is 0. The maximum absolute atomic E-state index is 12.6. The molecule has 0 spiro atoms. The third kappa shape index (κ3) is 3.91. The van der Waals surface area contributed by atoms with E-state index in [-0.39, 0.29) is 41.6 Å². The summed E-state index contributed by atoms with van der Waals surface area (Å²) in [4.78, 5) is 36.9. The van der Waals surface area contributed by atoms with Crippen molar-refractivity contribution in [1.29, 1.82) is 0 Å². The lowest BCUT2D eigenvalue weighted by atomic mass is 10.1. The lowest BCUT2D eigenvalue weighted by molar-refractivity contribution is -0.115. The molecule has 0 aliphatic heterocycles. The van der Waals surface area contributed by atoms with Crippen molar-refractivity contribution in [1.82, 2.24) is 5.16 Å². The first kappa shape index (κ1) is 20.3. The Morgan fingerprint density at radius 1 is 1.14 bits per heavy atom. The highest BCUT2D eigenvalue weighted by atomic mass is 16.5. The molecule has 2 aromatic heterocycles. The number of fused-ring (bicyclic) bond motifs is 1. The number of esters is 1. The Morgan fingerprint density at radius 2 is 1.86 bits per heavy atom. The fourth-order valence-electron chi connectivity index (χ4n) is 3.34. The summed E-state index contributed by atoms with van der Waals surface area (Å²) in [5.74, 6) is -1.44. The molecule has 0 aliphatic rings. The zero-order valence-corrected chi connectivity index (χ0v) is 17.0.